The summed E-state index contributed by atoms with van der Waals surface area (Å²) in [5, 5.41) is 3.65. The van der Waals surface area contributed by atoms with Crippen LogP contribution in [0.1, 0.15) is 37.8 Å². The van der Waals surface area contributed by atoms with Crippen molar-refractivity contribution >= 4 is 0 Å². The molecular formula is C13H19N. The van der Waals surface area contributed by atoms with E-state index in [1.54, 1.807) is 0 Å². The average Bonchev–Trinajstić information content (AvgIpc) is 3.04. The van der Waals surface area contributed by atoms with Gasteiger partial charge in [0.1, 0.15) is 0 Å². The molecule has 1 atom stereocenters. The van der Waals surface area contributed by atoms with Crippen molar-refractivity contribution in [3.05, 3.63) is 35.9 Å². The molecule has 0 aromatic heterocycles. The predicted octanol–water partition coefficient (Wildman–Crippen LogP) is 3.14. The van der Waals surface area contributed by atoms with E-state index in [1.807, 2.05) is 0 Å². The summed E-state index contributed by atoms with van der Waals surface area (Å²) in [4.78, 5) is 0. The lowest BCUT2D eigenvalue weighted by Crippen LogP contribution is -2.22. The van der Waals surface area contributed by atoms with Crippen molar-refractivity contribution in [3.8, 4) is 0 Å². The van der Waals surface area contributed by atoms with Gasteiger partial charge in [-0.3, -0.25) is 0 Å². The smallest absolute Gasteiger partial charge is 0.0317 e. The molecule has 1 N–H and O–H groups in total. The maximum atomic E-state index is 3.65. The first-order valence-electron chi connectivity index (χ1n) is 5.68. The van der Waals surface area contributed by atoms with Crippen molar-refractivity contribution in [1.29, 1.82) is 0 Å². The highest BCUT2D eigenvalue weighted by Crippen LogP contribution is 2.29. The summed E-state index contributed by atoms with van der Waals surface area (Å²) in [5.41, 5.74) is 1.43. The van der Waals surface area contributed by atoms with E-state index in [0.717, 1.165) is 5.92 Å². The fraction of sp³-hybridized carbons (Fsp3) is 0.538. The number of hydrogen-bond acceptors (Lipinski definition) is 1. The molecule has 76 valence electrons. The third-order valence-corrected chi connectivity index (χ3v) is 2.96. The van der Waals surface area contributed by atoms with Gasteiger partial charge < -0.3 is 5.32 Å². The highest BCUT2D eigenvalue weighted by Gasteiger charge is 2.21. The van der Waals surface area contributed by atoms with Crippen LogP contribution in [0, 0.1) is 5.92 Å². The Bertz CT molecular complexity index is 264. The Kier molecular flexibility index (Phi) is 3.20. The third-order valence-electron chi connectivity index (χ3n) is 2.96. The van der Waals surface area contributed by atoms with Gasteiger partial charge in [0.15, 0.2) is 0 Å². The molecule has 1 aromatic carbocycles. The van der Waals surface area contributed by atoms with Crippen molar-refractivity contribution in [1.82, 2.24) is 5.32 Å². The normalized spacial score (nSPS) is 18.1. The summed E-state index contributed by atoms with van der Waals surface area (Å²) >= 11 is 0. The summed E-state index contributed by atoms with van der Waals surface area (Å²) in [7, 11) is 0. The second kappa shape index (κ2) is 4.61. The van der Waals surface area contributed by atoms with Gasteiger partial charge in [-0.05, 0) is 37.3 Å². The molecule has 1 saturated carbocycles. The molecule has 1 aromatic rings. The topological polar surface area (TPSA) is 12.0 Å². The largest absolute Gasteiger partial charge is 0.310 e. The zero-order valence-corrected chi connectivity index (χ0v) is 8.87. The average molecular weight is 189 g/mol. The van der Waals surface area contributed by atoms with Gasteiger partial charge in [-0.2, -0.15) is 0 Å². The van der Waals surface area contributed by atoms with Gasteiger partial charge in [0.2, 0.25) is 0 Å². The monoisotopic (exact) mass is 189 g/mol. The first-order chi connectivity index (χ1) is 6.90. The fourth-order valence-corrected chi connectivity index (χ4v) is 1.81. The summed E-state index contributed by atoms with van der Waals surface area (Å²) in [6.07, 6.45) is 4.03. The van der Waals surface area contributed by atoms with Crippen LogP contribution in [0.2, 0.25) is 0 Å². The van der Waals surface area contributed by atoms with E-state index in [1.165, 1.54) is 31.4 Å². The SMILES string of the molecule is CCC(NCC1CC1)c1ccccc1. The Labute approximate surface area is 86.5 Å². The molecule has 1 heteroatoms. The second-order valence-corrected chi connectivity index (χ2v) is 4.22. The minimum Gasteiger partial charge on any atom is -0.310 e. The molecule has 0 amide bonds. The number of hydrogen-bond donors (Lipinski definition) is 1. The maximum Gasteiger partial charge on any atom is 0.0317 e. The Balaban J connectivity index is 1.90. The molecule has 0 spiro atoms. The highest BCUT2D eigenvalue weighted by atomic mass is 14.9. The quantitative estimate of drug-likeness (QED) is 0.750. The number of nitrogens with one attached hydrogen (secondary N) is 1. The lowest BCUT2D eigenvalue weighted by molar-refractivity contribution is 0.502. The van der Waals surface area contributed by atoms with Gasteiger partial charge in [0, 0.05) is 6.04 Å². The molecule has 1 aliphatic carbocycles. The van der Waals surface area contributed by atoms with Crippen LogP contribution in [-0.2, 0) is 0 Å². The number of rotatable bonds is 5. The number of benzene rings is 1. The van der Waals surface area contributed by atoms with Crippen LogP contribution in [0.25, 0.3) is 0 Å². The van der Waals surface area contributed by atoms with Crippen molar-refractivity contribution in [2.75, 3.05) is 6.54 Å². The summed E-state index contributed by atoms with van der Waals surface area (Å²) in [6, 6.07) is 11.3. The van der Waals surface area contributed by atoms with Crippen LogP contribution >= 0.6 is 0 Å². The zero-order chi connectivity index (χ0) is 9.80. The zero-order valence-electron chi connectivity index (χ0n) is 8.87. The Morgan fingerprint density at radius 3 is 2.57 bits per heavy atom. The third kappa shape index (κ3) is 2.58. The molecule has 0 heterocycles. The molecule has 14 heavy (non-hydrogen) atoms. The van der Waals surface area contributed by atoms with E-state index in [2.05, 4.69) is 42.6 Å². The molecular weight excluding hydrogens is 170 g/mol. The van der Waals surface area contributed by atoms with Gasteiger partial charge in [-0.25, -0.2) is 0 Å². The Hall–Kier alpha value is -0.820. The van der Waals surface area contributed by atoms with Crippen molar-refractivity contribution in [2.24, 2.45) is 5.92 Å². The van der Waals surface area contributed by atoms with E-state index in [0.29, 0.717) is 6.04 Å². The van der Waals surface area contributed by atoms with Gasteiger partial charge in [-0.1, -0.05) is 37.3 Å². The maximum absolute atomic E-state index is 3.65. The molecule has 0 aliphatic heterocycles. The summed E-state index contributed by atoms with van der Waals surface area (Å²) < 4.78 is 0. The molecule has 1 unspecified atom stereocenters. The molecule has 1 aliphatic rings. The lowest BCUT2D eigenvalue weighted by Gasteiger charge is -2.17. The van der Waals surface area contributed by atoms with Crippen LogP contribution in [0.5, 0.6) is 0 Å². The second-order valence-electron chi connectivity index (χ2n) is 4.22. The minimum absolute atomic E-state index is 0.553. The lowest BCUT2D eigenvalue weighted by atomic mass is 10.0. The van der Waals surface area contributed by atoms with Gasteiger partial charge in [0.05, 0.1) is 0 Å². The van der Waals surface area contributed by atoms with Crippen LogP contribution in [0.3, 0.4) is 0 Å². The first-order valence-corrected chi connectivity index (χ1v) is 5.68. The molecule has 1 nitrogen and oxygen atoms in total. The highest BCUT2D eigenvalue weighted by molar-refractivity contribution is 5.18. The van der Waals surface area contributed by atoms with Crippen LogP contribution < -0.4 is 5.32 Å². The van der Waals surface area contributed by atoms with Gasteiger partial charge in [-0.15, -0.1) is 0 Å². The Morgan fingerprint density at radius 2 is 2.00 bits per heavy atom. The summed E-state index contributed by atoms with van der Waals surface area (Å²) in [6.45, 7) is 3.45. The van der Waals surface area contributed by atoms with Crippen molar-refractivity contribution in [3.63, 3.8) is 0 Å². The molecule has 0 radical (unpaired) electrons. The molecule has 0 bridgehead atoms. The fourth-order valence-electron chi connectivity index (χ4n) is 1.81. The van der Waals surface area contributed by atoms with Crippen molar-refractivity contribution < 1.29 is 0 Å². The van der Waals surface area contributed by atoms with E-state index in [9.17, 15) is 0 Å². The van der Waals surface area contributed by atoms with Crippen LogP contribution in [-0.4, -0.2) is 6.54 Å². The molecule has 1 fully saturated rings. The van der Waals surface area contributed by atoms with E-state index < -0.39 is 0 Å². The van der Waals surface area contributed by atoms with Crippen molar-refractivity contribution in [2.45, 2.75) is 32.2 Å². The molecule has 0 saturated heterocycles. The van der Waals surface area contributed by atoms with E-state index in [-0.39, 0.29) is 0 Å². The van der Waals surface area contributed by atoms with Gasteiger partial charge in [0.25, 0.3) is 0 Å². The van der Waals surface area contributed by atoms with Crippen LogP contribution in [0.15, 0.2) is 30.3 Å². The standard InChI is InChI=1S/C13H19N/c1-2-13(14-10-11-8-9-11)12-6-4-3-5-7-12/h3-7,11,13-14H,2,8-10H2,1H3. The summed E-state index contributed by atoms with van der Waals surface area (Å²) in [5.74, 6) is 0.966. The van der Waals surface area contributed by atoms with Gasteiger partial charge >= 0.3 is 0 Å². The first kappa shape index (κ1) is 9.72. The van der Waals surface area contributed by atoms with E-state index >= 15 is 0 Å². The minimum atomic E-state index is 0.553. The predicted molar refractivity (Wildman–Crippen MR) is 60.2 cm³/mol. The van der Waals surface area contributed by atoms with E-state index in [4.69, 9.17) is 0 Å². The Morgan fingerprint density at radius 1 is 1.29 bits per heavy atom. The van der Waals surface area contributed by atoms with Crippen LogP contribution in [0.4, 0.5) is 0 Å². The molecule has 2 rings (SSSR count).